The molecule has 0 spiro atoms. The summed E-state index contributed by atoms with van der Waals surface area (Å²) in [6.07, 6.45) is 1.28. The Hall–Kier alpha value is -1.37. The number of halogens is 1. The van der Waals surface area contributed by atoms with Crippen LogP contribution < -0.4 is 11.5 Å². The van der Waals surface area contributed by atoms with Gasteiger partial charge in [0.05, 0.1) is 5.52 Å². The lowest BCUT2D eigenvalue weighted by molar-refractivity contribution is 0.0544. The highest BCUT2D eigenvalue weighted by Gasteiger charge is 2.22. The molecule has 2 aromatic rings. The van der Waals surface area contributed by atoms with Crippen LogP contribution in [0.5, 0.6) is 0 Å². The first-order chi connectivity index (χ1) is 9.73. The summed E-state index contributed by atoms with van der Waals surface area (Å²) in [6, 6.07) is 5.38. The van der Waals surface area contributed by atoms with E-state index < -0.39 is 11.7 Å². The van der Waals surface area contributed by atoms with Gasteiger partial charge in [0.25, 0.3) is 0 Å². The van der Waals surface area contributed by atoms with Crippen molar-refractivity contribution in [3.63, 3.8) is 0 Å². The van der Waals surface area contributed by atoms with Crippen LogP contribution in [0.15, 0.2) is 28.9 Å². The predicted octanol–water partition coefficient (Wildman–Crippen LogP) is 3.15. The molecule has 0 radical (unpaired) electrons. The molecule has 1 unspecified atom stereocenters. The molecular formula is C15H20BrN3O2. The van der Waals surface area contributed by atoms with Gasteiger partial charge in [0.2, 0.25) is 0 Å². The van der Waals surface area contributed by atoms with Crippen LogP contribution in [0.3, 0.4) is 0 Å². The average molecular weight is 354 g/mol. The molecule has 1 atom stereocenters. The number of nitrogens with two attached hydrogens (primary N) is 2. The lowest BCUT2D eigenvalue weighted by Gasteiger charge is -2.19. The second-order valence-electron chi connectivity index (χ2n) is 5.94. The largest absolute Gasteiger partial charge is 0.443 e. The van der Waals surface area contributed by atoms with Gasteiger partial charge in [-0.05, 0) is 38.5 Å². The molecule has 0 amide bonds. The highest BCUT2D eigenvalue weighted by Crippen LogP contribution is 2.28. The molecule has 4 N–H and O–H groups in total. The van der Waals surface area contributed by atoms with Crippen LogP contribution in [0.25, 0.3) is 10.9 Å². The summed E-state index contributed by atoms with van der Waals surface area (Å²) < 4.78 is 7.80. The fourth-order valence-electron chi connectivity index (χ4n) is 2.11. The maximum absolute atomic E-state index is 12.4. The van der Waals surface area contributed by atoms with E-state index in [0.717, 1.165) is 20.9 Å². The van der Waals surface area contributed by atoms with E-state index in [9.17, 15) is 4.79 Å². The number of hydrogen-bond acceptors (Lipinski definition) is 4. The summed E-state index contributed by atoms with van der Waals surface area (Å²) >= 11 is 3.42. The molecule has 0 fully saturated rings. The van der Waals surface area contributed by atoms with E-state index in [1.165, 1.54) is 4.57 Å². The zero-order valence-electron chi connectivity index (χ0n) is 12.4. The number of benzene rings is 1. The Bertz CT molecular complexity index is 673. The summed E-state index contributed by atoms with van der Waals surface area (Å²) in [4.78, 5) is 12.4. The number of aromatic nitrogens is 1. The van der Waals surface area contributed by atoms with Crippen molar-refractivity contribution in [2.24, 2.45) is 11.5 Å². The fraction of sp³-hybridized carbons (Fsp3) is 0.400. The van der Waals surface area contributed by atoms with Crippen molar-refractivity contribution < 1.29 is 9.53 Å². The highest BCUT2D eigenvalue weighted by atomic mass is 79.9. The molecule has 114 valence electrons. The normalized spacial score (nSPS) is 13.4. The number of carbonyl (C=O) groups excluding carboxylic acids is 1. The molecule has 5 nitrogen and oxygen atoms in total. The van der Waals surface area contributed by atoms with Gasteiger partial charge in [0.1, 0.15) is 5.60 Å². The molecule has 6 heteroatoms. The molecule has 2 rings (SSSR count). The first-order valence-corrected chi connectivity index (χ1v) is 7.51. The van der Waals surface area contributed by atoms with Crippen molar-refractivity contribution in [1.29, 1.82) is 0 Å². The van der Waals surface area contributed by atoms with Crippen LogP contribution in [-0.2, 0) is 4.74 Å². The minimum Gasteiger partial charge on any atom is -0.443 e. The second kappa shape index (κ2) is 5.79. The number of fused-ring (bicyclic) bond motifs is 1. The van der Waals surface area contributed by atoms with Crippen LogP contribution >= 0.6 is 15.9 Å². The van der Waals surface area contributed by atoms with Crippen LogP contribution in [0, 0.1) is 0 Å². The number of hydrogen-bond donors (Lipinski definition) is 2. The summed E-state index contributed by atoms with van der Waals surface area (Å²) in [7, 11) is 0. The smallest absolute Gasteiger partial charge is 0.419 e. The third-order valence-corrected chi connectivity index (χ3v) is 3.54. The van der Waals surface area contributed by atoms with Crippen molar-refractivity contribution in [3.8, 4) is 0 Å². The number of carbonyl (C=O) groups is 1. The molecule has 0 aliphatic rings. The van der Waals surface area contributed by atoms with Gasteiger partial charge in [-0.1, -0.05) is 22.0 Å². The average Bonchev–Trinajstić information content (AvgIpc) is 2.74. The van der Waals surface area contributed by atoms with E-state index in [0.29, 0.717) is 6.54 Å². The Balaban J connectivity index is 2.57. The third kappa shape index (κ3) is 3.45. The van der Waals surface area contributed by atoms with Crippen molar-refractivity contribution in [2.75, 3.05) is 6.54 Å². The van der Waals surface area contributed by atoms with E-state index in [2.05, 4.69) is 15.9 Å². The Labute approximate surface area is 132 Å². The lowest BCUT2D eigenvalue weighted by atomic mass is 10.1. The molecule has 1 aromatic carbocycles. The minimum absolute atomic E-state index is 0.309. The van der Waals surface area contributed by atoms with Crippen LogP contribution in [0.2, 0.25) is 0 Å². The van der Waals surface area contributed by atoms with Gasteiger partial charge >= 0.3 is 6.09 Å². The van der Waals surface area contributed by atoms with Crippen molar-refractivity contribution in [3.05, 3.63) is 34.4 Å². The first-order valence-electron chi connectivity index (χ1n) is 6.72. The van der Waals surface area contributed by atoms with Crippen LogP contribution in [-0.4, -0.2) is 22.8 Å². The van der Waals surface area contributed by atoms with E-state index in [4.69, 9.17) is 16.2 Å². The number of ether oxygens (including phenoxy) is 1. The maximum Gasteiger partial charge on any atom is 0.419 e. The third-order valence-electron chi connectivity index (χ3n) is 3.04. The van der Waals surface area contributed by atoms with Gasteiger partial charge in [-0.25, -0.2) is 4.79 Å². The molecule has 0 bridgehead atoms. The van der Waals surface area contributed by atoms with Crippen molar-refractivity contribution >= 4 is 32.9 Å². The standard InChI is InChI=1S/C15H20BrN3O2/c1-15(2,3)21-14(20)19-8-11(12(18)7-17)10-5-4-9(16)6-13(10)19/h4-6,8,12H,7,17-18H2,1-3H3. The Kier molecular flexibility index (Phi) is 4.41. The molecule has 1 heterocycles. The fourth-order valence-corrected chi connectivity index (χ4v) is 2.46. The molecule has 0 saturated carbocycles. The van der Waals surface area contributed by atoms with Gasteiger partial charge in [0.15, 0.2) is 0 Å². The van der Waals surface area contributed by atoms with E-state index >= 15 is 0 Å². The first kappa shape index (κ1) is 16.0. The molecule has 1 aromatic heterocycles. The highest BCUT2D eigenvalue weighted by molar-refractivity contribution is 9.10. The number of rotatable bonds is 2. The lowest BCUT2D eigenvalue weighted by Crippen LogP contribution is -2.27. The van der Waals surface area contributed by atoms with E-state index in [1.54, 1.807) is 6.20 Å². The van der Waals surface area contributed by atoms with Gasteiger partial charge in [-0.3, -0.25) is 4.57 Å². The zero-order valence-corrected chi connectivity index (χ0v) is 14.0. The zero-order chi connectivity index (χ0) is 15.8. The van der Waals surface area contributed by atoms with Crippen LogP contribution in [0.4, 0.5) is 4.79 Å². The summed E-state index contributed by atoms with van der Waals surface area (Å²) in [6.45, 7) is 5.81. The SMILES string of the molecule is CC(C)(C)OC(=O)n1cc(C(N)CN)c2ccc(Br)cc21. The molecule has 0 aliphatic carbocycles. The van der Waals surface area contributed by atoms with Crippen molar-refractivity contribution in [1.82, 2.24) is 4.57 Å². The van der Waals surface area contributed by atoms with Crippen molar-refractivity contribution in [2.45, 2.75) is 32.4 Å². The summed E-state index contributed by atoms with van der Waals surface area (Å²) in [5.74, 6) is 0. The molecule has 0 saturated heterocycles. The molecular weight excluding hydrogens is 334 g/mol. The monoisotopic (exact) mass is 353 g/mol. The maximum atomic E-state index is 12.4. The van der Waals surface area contributed by atoms with E-state index in [-0.39, 0.29) is 6.04 Å². The van der Waals surface area contributed by atoms with Gasteiger partial charge in [-0.15, -0.1) is 0 Å². The van der Waals surface area contributed by atoms with Gasteiger partial charge in [0, 0.05) is 28.6 Å². The summed E-state index contributed by atoms with van der Waals surface area (Å²) in [5.41, 5.74) is 12.7. The number of nitrogens with zero attached hydrogens (tertiary/aromatic N) is 1. The Morgan fingerprint density at radius 2 is 2.10 bits per heavy atom. The molecule has 21 heavy (non-hydrogen) atoms. The Morgan fingerprint density at radius 3 is 2.67 bits per heavy atom. The Morgan fingerprint density at radius 1 is 1.43 bits per heavy atom. The van der Waals surface area contributed by atoms with Crippen LogP contribution in [0.1, 0.15) is 32.4 Å². The summed E-state index contributed by atoms with van der Waals surface area (Å²) in [5, 5.41) is 0.905. The van der Waals surface area contributed by atoms with Gasteiger partial charge in [-0.2, -0.15) is 0 Å². The second-order valence-corrected chi connectivity index (χ2v) is 6.85. The molecule has 0 aliphatic heterocycles. The van der Waals surface area contributed by atoms with Gasteiger partial charge < -0.3 is 16.2 Å². The minimum atomic E-state index is -0.560. The topological polar surface area (TPSA) is 83.3 Å². The predicted molar refractivity (Wildman–Crippen MR) is 87.3 cm³/mol. The van der Waals surface area contributed by atoms with E-state index in [1.807, 2.05) is 39.0 Å². The quantitative estimate of drug-likeness (QED) is 0.868.